The molecule has 5 aliphatic rings. The SMILES string of the molecule is CCC(C)(C)C1(C)CCC(C)(C2CCC3(C)C2CCC2C4(C)CCC(=O)C(C)(C)C4CCC23C)O1. The number of ether oxygens (including phenoxy) is 1. The topological polar surface area (TPSA) is 26.3 Å². The van der Waals surface area contributed by atoms with Crippen molar-refractivity contribution in [3.8, 4) is 0 Å². The smallest absolute Gasteiger partial charge is 0.138 e. The number of carbonyl (C=O) groups excluding carboxylic acids is 1. The zero-order chi connectivity index (χ0) is 25.9. The lowest BCUT2D eigenvalue weighted by molar-refractivity contribution is -0.214. The molecule has 0 bridgehead atoms. The van der Waals surface area contributed by atoms with Crippen molar-refractivity contribution in [2.75, 3.05) is 0 Å². The monoisotopic (exact) mass is 484 g/mol. The Labute approximate surface area is 217 Å². The molecule has 5 fully saturated rings. The van der Waals surface area contributed by atoms with E-state index in [1.54, 1.807) is 0 Å². The summed E-state index contributed by atoms with van der Waals surface area (Å²) < 4.78 is 7.25. The predicted octanol–water partition coefficient (Wildman–Crippen LogP) is 9.00. The van der Waals surface area contributed by atoms with Crippen LogP contribution in [0.3, 0.4) is 0 Å². The van der Waals surface area contributed by atoms with Gasteiger partial charge in [-0.2, -0.15) is 0 Å². The van der Waals surface area contributed by atoms with Crippen LogP contribution in [0.1, 0.15) is 140 Å². The van der Waals surface area contributed by atoms with Gasteiger partial charge in [0.25, 0.3) is 0 Å². The molecule has 9 unspecified atom stereocenters. The Kier molecular flexibility index (Phi) is 5.70. The van der Waals surface area contributed by atoms with Gasteiger partial charge in [-0.15, -0.1) is 0 Å². The van der Waals surface area contributed by atoms with Crippen LogP contribution in [0, 0.1) is 50.7 Å². The van der Waals surface area contributed by atoms with Crippen molar-refractivity contribution in [3.05, 3.63) is 0 Å². The molecule has 35 heavy (non-hydrogen) atoms. The summed E-state index contributed by atoms with van der Waals surface area (Å²) in [5.74, 6) is 3.30. The van der Waals surface area contributed by atoms with E-state index in [2.05, 4.69) is 69.2 Å². The molecule has 2 nitrogen and oxygen atoms in total. The molecule has 9 atom stereocenters. The van der Waals surface area contributed by atoms with Crippen molar-refractivity contribution >= 4 is 5.78 Å². The van der Waals surface area contributed by atoms with Gasteiger partial charge in [0.05, 0.1) is 11.2 Å². The molecule has 0 N–H and O–H groups in total. The molecule has 1 aliphatic heterocycles. The molecule has 0 spiro atoms. The van der Waals surface area contributed by atoms with E-state index in [0.29, 0.717) is 33.9 Å². The molecule has 1 saturated heterocycles. The van der Waals surface area contributed by atoms with Gasteiger partial charge in [-0.1, -0.05) is 55.4 Å². The summed E-state index contributed by atoms with van der Waals surface area (Å²) in [6, 6.07) is 0. The zero-order valence-corrected chi connectivity index (χ0v) is 24.9. The maximum atomic E-state index is 13.0. The van der Waals surface area contributed by atoms with Gasteiger partial charge < -0.3 is 4.74 Å². The van der Waals surface area contributed by atoms with Crippen LogP contribution in [0.5, 0.6) is 0 Å². The number of carbonyl (C=O) groups is 1. The third-order valence-electron chi connectivity index (χ3n) is 14.8. The van der Waals surface area contributed by atoms with Gasteiger partial charge in [0.2, 0.25) is 0 Å². The second-order valence-electron chi connectivity index (χ2n) is 16.3. The highest BCUT2D eigenvalue weighted by Gasteiger charge is 2.70. The van der Waals surface area contributed by atoms with Crippen LogP contribution in [-0.4, -0.2) is 17.0 Å². The maximum absolute atomic E-state index is 13.0. The van der Waals surface area contributed by atoms with Gasteiger partial charge >= 0.3 is 0 Å². The molecule has 2 heteroatoms. The Morgan fingerprint density at radius 2 is 1.43 bits per heavy atom. The summed E-state index contributed by atoms with van der Waals surface area (Å²) in [6.45, 7) is 24.6. The second kappa shape index (κ2) is 7.60. The minimum absolute atomic E-state index is 0.0116. The minimum Gasteiger partial charge on any atom is -0.368 e. The van der Waals surface area contributed by atoms with E-state index >= 15 is 0 Å². The van der Waals surface area contributed by atoms with Gasteiger partial charge in [-0.05, 0) is 123 Å². The quantitative estimate of drug-likeness (QED) is 0.399. The first-order chi connectivity index (χ1) is 16.0. The Balaban J connectivity index is 1.45. The van der Waals surface area contributed by atoms with Gasteiger partial charge in [0.1, 0.15) is 5.78 Å². The predicted molar refractivity (Wildman–Crippen MR) is 145 cm³/mol. The van der Waals surface area contributed by atoms with E-state index < -0.39 is 0 Å². The Hall–Kier alpha value is -0.370. The lowest BCUT2D eigenvalue weighted by atomic mass is 9.35. The highest BCUT2D eigenvalue weighted by atomic mass is 16.5. The number of hydrogen-bond acceptors (Lipinski definition) is 2. The van der Waals surface area contributed by atoms with E-state index in [1.165, 1.54) is 57.8 Å². The third kappa shape index (κ3) is 3.19. The average Bonchev–Trinajstić information content (AvgIpc) is 3.30. The molecular weight excluding hydrogens is 428 g/mol. The van der Waals surface area contributed by atoms with Crippen molar-refractivity contribution in [1.82, 2.24) is 0 Å². The van der Waals surface area contributed by atoms with Gasteiger partial charge in [0.15, 0.2) is 0 Å². The summed E-state index contributed by atoms with van der Waals surface area (Å²) in [7, 11) is 0. The highest BCUT2D eigenvalue weighted by Crippen LogP contribution is 2.76. The molecule has 1 heterocycles. The molecule has 0 radical (unpaired) electrons. The van der Waals surface area contributed by atoms with Crippen molar-refractivity contribution in [2.45, 2.75) is 151 Å². The third-order valence-corrected chi connectivity index (χ3v) is 14.8. The van der Waals surface area contributed by atoms with Crippen LogP contribution >= 0.6 is 0 Å². The Morgan fingerprint density at radius 1 is 0.771 bits per heavy atom. The summed E-state index contributed by atoms with van der Waals surface area (Å²) >= 11 is 0. The number of Topliss-reactive ketones (excluding diaryl/α,β-unsaturated/α-hetero) is 1. The van der Waals surface area contributed by atoms with Crippen LogP contribution in [0.4, 0.5) is 0 Å². The van der Waals surface area contributed by atoms with E-state index in [4.69, 9.17) is 4.74 Å². The van der Waals surface area contributed by atoms with Crippen LogP contribution in [0.2, 0.25) is 0 Å². The first kappa shape index (κ1) is 26.2. The molecule has 200 valence electrons. The molecule has 0 aromatic heterocycles. The standard InChI is InChI=1S/C33H56O2/c1-11-27(2,3)33(10)21-20-32(9,35-33)23-14-18-30(7)22(23)12-13-25-29(6)17-16-26(34)28(4,5)24(29)15-19-31(25,30)8/h22-25H,11-21H2,1-10H3. The molecule has 4 saturated carbocycles. The molecule has 0 aromatic rings. The van der Waals surface area contributed by atoms with Crippen molar-refractivity contribution in [1.29, 1.82) is 0 Å². The second-order valence-corrected chi connectivity index (χ2v) is 16.3. The molecule has 4 aliphatic carbocycles. The molecule has 0 aromatic carbocycles. The van der Waals surface area contributed by atoms with Crippen molar-refractivity contribution in [2.24, 2.45) is 50.7 Å². The fraction of sp³-hybridized carbons (Fsp3) is 0.970. The van der Waals surface area contributed by atoms with Gasteiger partial charge in [0, 0.05) is 11.8 Å². The van der Waals surface area contributed by atoms with Crippen molar-refractivity contribution in [3.63, 3.8) is 0 Å². The van der Waals surface area contributed by atoms with Crippen molar-refractivity contribution < 1.29 is 9.53 Å². The lowest BCUT2D eigenvalue weighted by Gasteiger charge is -2.69. The summed E-state index contributed by atoms with van der Waals surface area (Å²) in [4.78, 5) is 13.0. The Bertz CT molecular complexity index is 888. The summed E-state index contributed by atoms with van der Waals surface area (Å²) in [6.07, 6.45) is 13.5. The van der Waals surface area contributed by atoms with Gasteiger partial charge in [-0.25, -0.2) is 0 Å². The fourth-order valence-electron chi connectivity index (χ4n) is 11.5. The van der Waals surface area contributed by atoms with E-state index in [9.17, 15) is 4.79 Å². The number of rotatable bonds is 3. The average molecular weight is 485 g/mol. The number of fused-ring (bicyclic) bond motifs is 5. The number of ketones is 1. The normalized spacial score (nSPS) is 53.7. The van der Waals surface area contributed by atoms with E-state index in [1.807, 2.05) is 0 Å². The molecule has 5 rings (SSSR count). The van der Waals surface area contributed by atoms with Crippen LogP contribution in [-0.2, 0) is 9.53 Å². The fourth-order valence-corrected chi connectivity index (χ4v) is 11.5. The minimum atomic E-state index is -0.147. The maximum Gasteiger partial charge on any atom is 0.138 e. The van der Waals surface area contributed by atoms with Crippen LogP contribution in [0.25, 0.3) is 0 Å². The molecular formula is C33H56O2. The molecule has 0 amide bonds. The lowest BCUT2D eigenvalue weighted by Crippen LogP contribution is -2.63. The summed E-state index contributed by atoms with van der Waals surface area (Å²) in [5.41, 5.74) is 1.17. The van der Waals surface area contributed by atoms with E-state index in [-0.39, 0.29) is 22.0 Å². The van der Waals surface area contributed by atoms with Crippen LogP contribution < -0.4 is 0 Å². The highest BCUT2D eigenvalue weighted by molar-refractivity contribution is 5.85. The van der Waals surface area contributed by atoms with Gasteiger partial charge in [-0.3, -0.25) is 4.79 Å². The summed E-state index contributed by atoms with van der Waals surface area (Å²) in [5, 5.41) is 0. The first-order valence-corrected chi connectivity index (χ1v) is 15.2. The zero-order valence-electron chi connectivity index (χ0n) is 24.9. The first-order valence-electron chi connectivity index (χ1n) is 15.2. The number of hydrogen-bond donors (Lipinski definition) is 0. The largest absolute Gasteiger partial charge is 0.368 e. The Morgan fingerprint density at radius 3 is 2.09 bits per heavy atom. The van der Waals surface area contributed by atoms with E-state index in [0.717, 1.165) is 24.7 Å². The van der Waals surface area contributed by atoms with Crippen LogP contribution in [0.15, 0.2) is 0 Å².